The van der Waals surface area contributed by atoms with Gasteiger partial charge in [0.15, 0.2) is 0 Å². The van der Waals surface area contributed by atoms with Crippen LogP contribution in [-0.2, 0) is 23.2 Å². The Kier molecular flexibility index (Phi) is 5.53. The number of imidazole rings is 1. The van der Waals surface area contributed by atoms with Crippen molar-refractivity contribution in [1.29, 1.82) is 0 Å². The summed E-state index contributed by atoms with van der Waals surface area (Å²) in [5.41, 5.74) is 0. The average molecular weight is 332 g/mol. The number of likely N-dealkylation sites (tertiary alicyclic amines) is 1. The number of hydrogen-bond acceptors (Lipinski definition) is 3. The average Bonchev–Trinajstić information content (AvgIpc) is 2.83. The molecule has 1 saturated carbocycles. The van der Waals surface area contributed by atoms with Gasteiger partial charge in [-0.05, 0) is 19.3 Å². The number of aryl methyl sites for hydroxylation is 1. The largest absolute Gasteiger partial charge is 0.349 e. The Morgan fingerprint density at radius 1 is 1.25 bits per heavy atom. The molecule has 2 amide bonds. The third-order valence-electron chi connectivity index (χ3n) is 5.42. The van der Waals surface area contributed by atoms with Crippen LogP contribution in [0, 0.1) is 5.92 Å². The zero-order valence-electron chi connectivity index (χ0n) is 14.5. The maximum absolute atomic E-state index is 12.5. The zero-order chi connectivity index (χ0) is 16.9. The van der Waals surface area contributed by atoms with Crippen LogP contribution >= 0.6 is 0 Å². The summed E-state index contributed by atoms with van der Waals surface area (Å²) in [6.45, 7) is 1.02. The number of hydrogen-bond donors (Lipinski definition) is 1. The second kappa shape index (κ2) is 7.81. The van der Waals surface area contributed by atoms with Crippen LogP contribution in [-0.4, -0.2) is 38.9 Å². The van der Waals surface area contributed by atoms with Crippen LogP contribution in [0.5, 0.6) is 0 Å². The second-order valence-electron chi connectivity index (χ2n) is 7.10. The summed E-state index contributed by atoms with van der Waals surface area (Å²) >= 11 is 0. The number of aromatic nitrogens is 2. The minimum Gasteiger partial charge on any atom is -0.349 e. The first-order valence-electron chi connectivity index (χ1n) is 9.18. The lowest BCUT2D eigenvalue weighted by Crippen LogP contribution is -2.49. The van der Waals surface area contributed by atoms with Gasteiger partial charge in [0.25, 0.3) is 0 Å². The summed E-state index contributed by atoms with van der Waals surface area (Å²) in [6.07, 6.45) is 11.9. The van der Waals surface area contributed by atoms with E-state index in [1.165, 1.54) is 25.7 Å². The quantitative estimate of drug-likeness (QED) is 0.858. The molecule has 1 aromatic rings. The van der Waals surface area contributed by atoms with Gasteiger partial charge in [0.1, 0.15) is 5.82 Å². The molecule has 0 radical (unpaired) electrons. The van der Waals surface area contributed by atoms with E-state index in [9.17, 15) is 9.59 Å². The predicted octanol–water partition coefficient (Wildman–Crippen LogP) is 2.00. The molecule has 1 N–H and O–H groups in total. The molecule has 1 aromatic heterocycles. The third kappa shape index (κ3) is 3.97. The topological polar surface area (TPSA) is 67.2 Å². The van der Waals surface area contributed by atoms with Gasteiger partial charge in [0, 0.05) is 38.4 Å². The molecule has 0 spiro atoms. The molecule has 2 aliphatic rings. The van der Waals surface area contributed by atoms with Crippen LogP contribution in [0.3, 0.4) is 0 Å². The van der Waals surface area contributed by atoms with Crippen molar-refractivity contribution >= 4 is 11.8 Å². The van der Waals surface area contributed by atoms with E-state index in [1.807, 2.05) is 22.7 Å². The summed E-state index contributed by atoms with van der Waals surface area (Å²) < 4.78 is 1.91. The van der Waals surface area contributed by atoms with Gasteiger partial charge >= 0.3 is 0 Å². The highest BCUT2D eigenvalue weighted by Gasteiger charge is 2.34. The van der Waals surface area contributed by atoms with Gasteiger partial charge in [-0.15, -0.1) is 0 Å². The van der Waals surface area contributed by atoms with E-state index in [1.54, 1.807) is 6.20 Å². The van der Waals surface area contributed by atoms with Crippen LogP contribution in [0.15, 0.2) is 12.4 Å². The van der Waals surface area contributed by atoms with Crippen molar-refractivity contribution in [3.63, 3.8) is 0 Å². The van der Waals surface area contributed by atoms with Crippen LogP contribution in [0.25, 0.3) is 0 Å². The van der Waals surface area contributed by atoms with Crippen molar-refractivity contribution in [3.05, 3.63) is 18.2 Å². The molecule has 1 aliphatic carbocycles. The molecule has 24 heavy (non-hydrogen) atoms. The first-order chi connectivity index (χ1) is 11.6. The molecule has 132 valence electrons. The van der Waals surface area contributed by atoms with Crippen LogP contribution in [0.4, 0.5) is 0 Å². The van der Waals surface area contributed by atoms with Gasteiger partial charge in [-0.25, -0.2) is 4.98 Å². The highest BCUT2D eigenvalue weighted by Crippen LogP contribution is 2.27. The van der Waals surface area contributed by atoms with Gasteiger partial charge in [-0.1, -0.05) is 25.7 Å². The molecular weight excluding hydrogens is 304 g/mol. The van der Waals surface area contributed by atoms with Gasteiger partial charge in [-0.2, -0.15) is 0 Å². The van der Waals surface area contributed by atoms with Crippen molar-refractivity contribution in [2.45, 2.75) is 64.0 Å². The summed E-state index contributed by atoms with van der Waals surface area (Å²) in [4.78, 5) is 31.1. The first-order valence-corrected chi connectivity index (χ1v) is 9.18. The Hall–Kier alpha value is -1.85. The molecule has 6 heteroatoms. The number of piperidine rings is 1. The molecule has 6 nitrogen and oxygen atoms in total. The minimum atomic E-state index is -0.0915. The fourth-order valence-corrected chi connectivity index (χ4v) is 3.89. The molecule has 1 saturated heterocycles. The van der Waals surface area contributed by atoms with E-state index in [4.69, 9.17) is 0 Å². The molecule has 0 bridgehead atoms. The lowest BCUT2D eigenvalue weighted by Gasteiger charge is -2.37. The van der Waals surface area contributed by atoms with Crippen molar-refractivity contribution < 1.29 is 9.59 Å². The number of amides is 2. The van der Waals surface area contributed by atoms with E-state index in [-0.39, 0.29) is 17.7 Å². The summed E-state index contributed by atoms with van der Waals surface area (Å²) in [6, 6.07) is 0.338. The highest BCUT2D eigenvalue weighted by molar-refractivity contribution is 5.83. The van der Waals surface area contributed by atoms with E-state index in [0.717, 1.165) is 18.7 Å². The molecule has 2 heterocycles. The number of nitrogens with zero attached hydrogens (tertiary/aromatic N) is 3. The smallest absolute Gasteiger partial charge is 0.225 e. The van der Waals surface area contributed by atoms with Crippen molar-refractivity contribution in [2.24, 2.45) is 13.0 Å². The first kappa shape index (κ1) is 17.0. The van der Waals surface area contributed by atoms with Gasteiger partial charge in [0.2, 0.25) is 11.8 Å². The Balaban J connectivity index is 1.56. The van der Waals surface area contributed by atoms with Crippen LogP contribution in [0.1, 0.15) is 57.2 Å². The van der Waals surface area contributed by atoms with E-state index in [0.29, 0.717) is 32.0 Å². The minimum absolute atomic E-state index is 0.0455. The fraction of sp³-hybridized carbons (Fsp3) is 0.722. The van der Waals surface area contributed by atoms with Gasteiger partial charge in [0.05, 0.1) is 12.5 Å². The van der Waals surface area contributed by atoms with E-state index >= 15 is 0 Å². The molecular formula is C18H28N4O2. The second-order valence-corrected chi connectivity index (χ2v) is 7.10. The lowest BCUT2D eigenvalue weighted by molar-refractivity contribution is -0.141. The Bertz CT molecular complexity index is 575. The summed E-state index contributed by atoms with van der Waals surface area (Å²) in [5.74, 6) is 1.03. The molecule has 1 aliphatic heterocycles. The van der Waals surface area contributed by atoms with Crippen molar-refractivity contribution in [3.8, 4) is 0 Å². The van der Waals surface area contributed by atoms with E-state index in [2.05, 4.69) is 10.3 Å². The zero-order valence-corrected chi connectivity index (χ0v) is 14.5. The Labute approximate surface area is 143 Å². The molecule has 1 atom stereocenters. The third-order valence-corrected chi connectivity index (χ3v) is 5.42. The number of rotatable bonds is 4. The molecule has 0 unspecified atom stereocenters. The normalized spacial score (nSPS) is 23.1. The monoisotopic (exact) mass is 332 g/mol. The highest BCUT2D eigenvalue weighted by atomic mass is 16.2. The lowest BCUT2D eigenvalue weighted by atomic mass is 9.93. The van der Waals surface area contributed by atoms with Crippen molar-refractivity contribution in [2.75, 3.05) is 6.54 Å². The summed E-state index contributed by atoms with van der Waals surface area (Å²) in [7, 11) is 1.92. The Morgan fingerprint density at radius 2 is 2.00 bits per heavy atom. The maximum atomic E-state index is 12.5. The predicted molar refractivity (Wildman–Crippen MR) is 91.0 cm³/mol. The Morgan fingerprint density at radius 3 is 2.67 bits per heavy atom. The van der Waals surface area contributed by atoms with Gasteiger partial charge in [-0.3, -0.25) is 9.59 Å². The molecule has 0 aromatic carbocycles. The van der Waals surface area contributed by atoms with E-state index < -0.39 is 0 Å². The number of nitrogens with one attached hydrogen (secondary N) is 1. The van der Waals surface area contributed by atoms with Crippen molar-refractivity contribution in [1.82, 2.24) is 19.8 Å². The van der Waals surface area contributed by atoms with Crippen LogP contribution < -0.4 is 5.32 Å². The number of carbonyl (C=O) groups is 2. The standard InChI is InChI=1S/C18H28N4O2/c1-21-11-10-19-16(21)12-20-18(24)14-8-9-17(23)22(13-14)15-6-4-2-3-5-7-15/h10-11,14-15H,2-9,12-13H2,1H3,(H,20,24)/t14-/m1/s1. The van der Waals surface area contributed by atoms with Crippen LogP contribution in [0.2, 0.25) is 0 Å². The molecule has 3 rings (SSSR count). The summed E-state index contributed by atoms with van der Waals surface area (Å²) in [5, 5.41) is 2.99. The fourth-order valence-electron chi connectivity index (χ4n) is 3.89. The molecule has 2 fully saturated rings. The maximum Gasteiger partial charge on any atom is 0.225 e. The van der Waals surface area contributed by atoms with Gasteiger partial charge < -0.3 is 14.8 Å². The number of carbonyl (C=O) groups excluding carboxylic acids is 2. The SMILES string of the molecule is Cn1ccnc1CNC(=O)[C@@H]1CCC(=O)N(C2CCCCCC2)C1.